The number of carbonyl (C=O) groups excluding carboxylic acids is 1. The molecule has 1 heterocycles. The summed E-state index contributed by atoms with van der Waals surface area (Å²) in [4.78, 5) is 14.2. The molecule has 0 fully saturated rings. The van der Waals surface area contributed by atoms with E-state index in [2.05, 4.69) is 45.4 Å². The molecule has 1 aliphatic rings. The molecule has 1 amide bonds. The van der Waals surface area contributed by atoms with Crippen molar-refractivity contribution in [3.05, 3.63) is 29.8 Å². The zero-order chi connectivity index (χ0) is 27.7. The average Bonchev–Trinajstić information content (AvgIpc) is 2.76. The van der Waals surface area contributed by atoms with Gasteiger partial charge in [-0.3, -0.25) is 0 Å². The van der Waals surface area contributed by atoms with E-state index >= 15 is 0 Å². The second kappa shape index (κ2) is 13.8. The minimum absolute atomic E-state index is 0.158. The van der Waals surface area contributed by atoms with E-state index in [4.69, 9.17) is 23.7 Å². The molecule has 37 heavy (non-hydrogen) atoms. The highest BCUT2D eigenvalue weighted by Gasteiger charge is 2.25. The predicted molar refractivity (Wildman–Crippen MR) is 156 cm³/mol. The van der Waals surface area contributed by atoms with E-state index in [1.54, 1.807) is 4.90 Å². The summed E-state index contributed by atoms with van der Waals surface area (Å²) in [7, 11) is -2.33. The maximum Gasteiger partial charge on any atom is 0.410 e. The fourth-order valence-corrected chi connectivity index (χ4v) is 5.03. The Labute approximate surface area is 226 Å². The first-order chi connectivity index (χ1) is 17.1. The van der Waals surface area contributed by atoms with Gasteiger partial charge in [0, 0.05) is 48.0 Å². The lowest BCUT2D eigenvalue weighted by Crippen LogP contribution is -2.39. The molecule has 7 nitrogen and oxygen atoms in total. The number of hydrogen-bond donors (Lipinski definition) is 0. The zero-order valence-corrected chi connectivity index (χ0v) is 26.6. The molecule has 0 aliphatic carbocycles. The molecule has 9 heteroatoms. The van der Waals surface area contributed by atoms with Gasteiger partial charge in [-0.15, -0.1) is 0 Å². The van der Waals surface area contributed by atoms with Crippen LogP contribution >= 0.6 is 0 Å². The minimum Gasteiger partial charge on any atom is -0.464 e. The molecule has 1 aromatic carbocycles. The monoisotopic (exact) mass is 551 g/mol. The standard InChI is InChI=1S/C28H49NO6Si2/c1-28(2,3)35-27(30)29-15-13-23(14-16-29)24-11-10-12-25(33-21-31-17-19-36(4,5)6)26(24)34-22-32-18-20-37(7,8)9/h10-13H,14-22H2,1-9H3. The number of hydrogen-bond acceptors (Lipinski definition) is 6. The molecule has 0 saturated heterocycles. The van der Waals surface area contributed by atoms with Gasteiger partial charge in [-0.05, 0) is 50.9 Å². The summed E-state index contributed by atoms with van der Waals surface area (Å²) < 4.78 is 29.3. The first-order valence-corrected chi connectivity index (χ1v) is 20.8. The van der Waals surface area contributed by atoms with Crippen LogP contribution in [0.4, 0.5) is 4.79 Å². The Morgan fingerprint density at radius 1 is 0.919 bits per heavy atom. The molecule has 0 spiro atoms. The van der Waals surface area contributed by atoms with Crippen LogP contribution in [0.15, 0.2) is 24.3 Å². The summed E-state index contributed by atoms with van der Waals surface area (Å²) in [5, 5.41) is 0. The summed E-state index contributed by atoms with van der Waals surface area (Å²) >= 11 is 0. The molecule has 0 aromatic heterocycles. The Balaban J connectivity index is 2.11. The van der Waals surface area contributed by atoms with Gasteiger partial charge in [0.15, 0.2) is 25.1 Å². The van der Waals surface area contributed by atoms with Crippen LogP contribution in [0.2, 0.25) is 51.4 Å². The first kappa shape index (κ1) is 31.4. The maximum absolute atomic E-state index is 12.5. The van der Waals surface area contributed by atoms with Gasteiger partial charge in [-0.1, -0.05) is 57.5 Å². The number of nitrogens with zero attached hydrogens (tertiary/aromatic N) is 1. The normalized spacial score (nSPS) is 14.8. The number of benzene rings is 1. The number of amides is 1. The van der Waals surface area contributed by atoms with Gasteiger partial charge in [0.2, 0.25) is 0 Å². The van der Waals surface area contributed by atoms with E-state index in [0.717, 1.165) is 23.2 Å². The SMILES string of the molecule is CC(C)(C)OC(=O)N1CC=C(c2cccc(OCOCC[Si](C)(C)C)c2OCOCC[Si](C)(C)C)CC1. The largest absolute Gasteiger partial charge is 0.464 e. The van der Waals surface area contributed by atoms with Crippen molar-refractivity contribution in [1.29, 1.82) is 0 Å². The number of rotatable bonds is 13. The molecule has 0 radical (unpaired) electrons. The molecule has 0 saturated carbocycles. The molecular formula is C28H49NO6Si2. The second-order valence-corrected chi connectivity index (χ2v) is 24.2. The van der Waals surface area contributed by atoms with Gasteiger partial charge in [-0.25, -0.2) is 4.79 Å². The Kier molecular flexibility index (Phi) is 11.7. The summed E-state index contributed by atoms with van der Waals surface area (Å²) in [6, 6.07) is 8.07. The van der Waals surface area contributed by atoms with Gasteiger partial charge in [0.05, 0.1) is 0 Å². The molecule has 1 aliphatic heterocycles. The minimum atomic E-state index is -1.18. The Hall–Kier alpha value is -1.82. The highest BCUT2D eigenvalue weighted by molar-refractivity contribution is 6.76. The van der Waals surface area contributed by atoms with E-state index in [0.29, 0.717) is 44.2 Å². The third kappa shape index (κ3) is 12.5. The van der Waals surface area contributed by atoms with Crippen molar-refractivity contribution in [2.45, 2.75) is 84.2 Å². The van der Waals surface area contributed by atoms with Crippen LogP contribution in [0, 0.1) is 0 Å². The molecule has 0 unspecified atom stereocenters. The third-order valence-electron chi connectivity index (χ3n) is 5.76. The van der Waals surface area contributed by atoms with E-state index in [9.17, 15) is 4.79 Å². The van der Waals surface area contributed by atoms with E-state index in [-0.39, 0.29) is 19.7 Å². The van der Waals surface area contributed by atoms with Gasteiger partial charge in [0.25, 0.3) is 0 Å². The molecule has 0 atom stereocenters. The average molecular weight is 552 g/mol. The van der Waals surface area contributed by atoms with Crippen molar-refractivity contribution in [3.63, 3.8) is 0 Å². The summed E-state index contributed by atoms with van der Waals surface area (Å²) in [5.74, 6) is 1.29. The smallest absolute Gasteiger partial charge is 0.410 e. The molecule has 0 N–H and O–H groups in total. The van der Waals surface area contributed by atoms with Crippen LogP contribution in [0.5, 0.6) is 11.5 Å². The van der Waals surface area contributed by atoms with Crippen molar-refractivity contribution in [2.24, 2.45) is 0 Å². The lowest BCUT2D eigenvalue weighted by molar-refractivity contribution is 0.00558. The summed E-state index contributed by atoms with van der Waals surface area (Å²) in [6.07, 6.45) is 2.47. The fraction of sp³-hybridized carbons (Fsp3) is 0.679. The van der Waals surface area contributed by atoms with E-state index in [1.807, 2.05) is 39.0 Å². The van der Waals surface area contributed by atoms with E-state index in [1.165, 1.54) is 0 Å². The first-order valence-electron chi connectivity index (χ1n) is 13.4. The Morgan fingerprint density at radius 3 is 2.03 bits per heavy atom. The maximum atomic E-state index is 12.5. The molecule has 0 bridgehead atoms. The van der Waals surface area contributed by atoms with Crippen molar-refractivity contribution in [2.75, 3.05) is 39.9 Å². The van der Waals surface area contributed by atoms with Crippen LogP contribution in [-0.2, 0) is 14.2 Å². The van der Waals surface area contributed by atoms with Gasteiger partial charge in [0.1, 0.15) is 5.60 Å². The van der Waals surface area contributed by atoms with Crippen molar-refractivity contribution in [3.8, 4) is 11.5 Å². The Bertz CT molecular complexity index is 899. The predicted octanol–water partition coefficient (Wildman–Crippen LogP) is 7.09. The third-order valence-corrected chi connectivity index (χ3v) is 9.17. The van der Waals surface area contributed by atoms with Crippen LogP contribution in [0.3, 0.4) is 0 Å². The van der Waals surface area contributed by atoms with Crippen LogP contribution < -0.4 is 9.47 Å². The molecular weight excluding hydrogens is 502 g/mol. The van der Waals surface area contributed by atoms with Crippen molar-refractivity contribution >= 4 is 27.8 Å². The van der Waals surface area contributed by atoms with Crippen LogP contribution in [-0.4, -0.2) is 72.6 Å². The van der Waals surface area contributed by atoms with Crippen LogP contribution in [0.1, 0.15) is 32.8 Å². The number of para-hydroxylation sites is 1. The summed E-state index contributed by atoms with van der Waals surface area (Å²) in [6.45, 7) is 22.4. The van der Waals surface area contributed by atoms with Gasteiger partial charge < -0.3 is 28.6 Å². The van der Waals surface area contributed by atoms with Crippen LogP contribution in [0.25, 0.3) is 5.57 Å². The second-order valence-electron chi connectivity index (χ2n) is 13.0. The topological polar surface area (TPSA) is 66.5 Å². The molecule has 210 valence electrons. The van der Waals surface area contributed by atoms with Crippen molar-refractivity contribution < 1.29 is 28.5 Å². The molecule has 2 rings (SSSR count). The summed E-state index contributed by atoms with van der Waals surface area (Å²) in [5.41, 5.74) is 1.56. The van der Waals surface area contributed by atoms with Gasteiger partial charge >= 0.3 is 6.09 Å². The quantitative estimate of drug-likeness (QED) is 0.148. The molecule has 1 aromatic rings. The lowest BCUT2D eigenvalue weighted by atomic mass is 9.98. The zero-order valence-electron chi connectivity index (χ0n) is 24.6. The fourth-order valence-electron chi connectivity index (χ4n) is 3.52. The van der Waals surface area contributed by atoms with Crippen molar-refractivity contribution in [1.82, 2.24) is 4.90 Å². The number of carbonyl (C=O) groups is 1. The van der Waals surface area contributed by atoms with E-state index < -0.39 is 21.7 Å². The number of ether oxygens (including phenoxy) is 5. The van der Waals surface area contributed by atoms with Gasteiger partial charge in [-0.2, -0.15) is 0 Å². The lowest BCUT2D eigenvalue weighted by Gasteiger charge is -2.30. The highest BCUT2D eigenvalue weighted by Crippen LogP contribution is 2.38. The Morgan fingerprint density at radius 2 is 1.51 bits per heavy atom. The highest BCUT2D eigenvalue weighted by atomic mass is 28.3.